The molecular formula is C16H18ClN5O4. The lowest BCUT2D eigenvalue weighted by molar-refractivity contribution is -0.121. The van der Waals surface area contributed by atoms with Gasteiger partial charge in [0.15, 0.2) is 5.82 Å². The second-order valence-corrected chi connectivity index (χ2v) is 6.17. The number of nitrogens with zero attached hydrogens (tertiary/aromatic N) is 4. The zero-order valence-corrected chi connectivity index (χ0v) is 14.9. The number of carbonyl (C=O) groups is 2. The molecule has 0 saturated heterocycles. The summed E-state index contributed by atoms with van der Waals surface area (Å²) in [5.41, 5.74) is -0.0137. The van der Waals surface area contributed by atoms with E-state index in [4.69, 9.17) is 16.3 Å². The molecule has 0 fully saturated rings. The van der Waals surface area contributed by atoms with Gasteiger partial charge in [-0.05, 0) is 30.7 Å². The molecule has 2 amide bonds. The van der Waals surface area contributed by atoms with Crippen molar-refractivity contribution >= 4 is 29.2 Å². The van der Waals surface area contributed by atoms with Crippen molar-refractivity contribution in [3.8, 4) is 0 Å². The van der Waals surface area contributed by atoms with Gasteiger partial charge in [0.25, 0.3) is 0 Å². The fourth-order valence-corrected chi connectivity index (χ4v) is 2.76. The van der Waals surface area contributed by atoms with E-state index in [2.05, 4.69) is 10.4 Å². The summed E-state index contributed by atoms with van der Waals surface area (Å²) < 4.78 is 6.87. The highest BCUT2D eigenvalue weighted by atomic mass is 35.5. The lowest BCUT2D eigenvalue weighted by atomic mass is 10.3. The summed E-state index contributed by atoms with van der Waals surface area (Å²) in [5.74, 6) is -0.0517. The van der Waals surface area contributed by atoms with Crippen LogP contribution in [0.4, 0.5) is 10.5 Å². The number of aromatic nitrogens is 3. The third-order valence-corrected chi connectivity index (χ3v) is 4.16. The lowest BCUT2D eigenvalue weighted by Crippen LogP contribution is -2.38. The van der Waals surface area contributed by atoms with Crippen molar-refractivity contribution in [2.75, 3.05) is 25.2 Å². The molecule has 3 rings (SSSR count). The van der Waals surface area contributed by atoms with Crippen LogP contribution < -0.4 is 15.9 Å². The molecule has 2 aromatic rings. The number of carbonyl (C=O) groups excluding carboxylic acids is 2. The number of ether oxygens (including phenoxy) is 1. The molecule has 26 heavy (non-hydrogen) atoms. The monoisotopic (exact) mass is 379 g/mol. The number of amides is 2. The number of fused-ring (bicyclic) bond motifs is 1. The van der Waals surface area contributed by atoms with E-state index in [-0.39, 0.29) is 19.0 Å². The van der Waals surface area contributed by atoms with Crippen LogP contribution in [0, 0.1) is 0 Å². The molecule has 0 unspecified atom stereocenters. The zero-order chi connectivity index (χ0) is 18.7. The highest BCUT2D eigenvalue weighted by Crippen LogP contribution is 2.23. The molecule has 2 heterocycles. The van der Waals surface area contributed by atoms with Crippen molar-refractivity contribution in [3.05, 3.63) is 45.6 Å². The van der Waals surface area contributed by atoms with Crippen molar-refractivity contribution in [1.29, 1.82) is 0 Å². The molecule has 1 aromatic carbocycles. The maximum absolute atomic E-state index is 12.5. The summed E-state index contributed by atoms with van der Waals surface area (Å²) >= 11 is 5.85. The molecule has 0 spiro atoms. The third-order valence-electron chi connectivity index (χ3n) is 3.91. The highest BCUT2D eigenvalue weighted by molar-refractivity contribution is 6.30. The van der Waals surface area contributed by atoms with E-state index in [0.717, 1.165) is 9.25 Å². The van der Waals surface area contributed by atoms with Gasteiger partial charge >= 0.3 is 11.7 Å². The lowest BCUT2D eigenvalue weighted by Gasteiger charge is -2.14. The third kappa shape index (κ3) is 3.63. The standard InChI is InChI=1S/C16H18ClN5O4/c1-26-8-2-7-18-14(23)10-21-16(25)22-13(19-21)9-20(15(22)24)12-5-3-11(17)4-6-12/h3-6H,2,7-10H2,1H3,(H,18,23). The number of methoxy groups -OCH3 is 1. The fraction of sp³-hybridized carbons (Fsp3) is 0.375. The number of nitrogens with one attached hydrogen (secondary N) is 1. The van der Waals surface area contributed by atoms with Gasteiger partial charge in [-0.2, -0.15) is 9.67 Å². The van der Waals surface area contributed by atoms with Gasteiger partial charge in [-0.3, -0.25) is 9.69 Å². The van der Waals surface area contributed by atoms with Gasteiger partial charge in [-0.15, -0.1) is 0 Å². The first-order valence-electron chi connectivity index (χ1n) is 8.03. The molecular weight excluding hydrogens is 362 g/mol. The van der Waals surface area contributed by atoms with Crippen LogP contribution in [-0.4, -0.2) is 46.5 Å². The van der Waals surface area contributed by atoms with Crippen molar-refractivity contribution in [2.45, 2.75) is 19.5 Å². The predicted molar refractivity (Wildman–Crippen MR) is 94.4 cm³/mol. The molecule has 9 nitrogen and oxygen atoms in total. The van der Waals surface area contributed by atoms with Crippen molar-refractivity contribution < 1.29 is 14.3 Å². The molecule has 10 heteroatoms. The minimum atomic E-state index is -0.631. The first-order chi connectivity index (χ1) is 12.5. The number of anilines is 1. The minimum absolute atomic E-state index is 0.151. The Morgan fingerprint density at radius 1 is 1.31 bits per heavy atom. The second-order valence-electron chi connectivity index (χ2n) is 5.73. The maximum atomic E-state index is 12.5. The smallest absolute Gasteiger partial charge is 0.354 e. The SMILES string of the molecule is COCCCNC(=O)Cn1nc2n(c1=O)C(=O)N(c1ccc(Cl)cc1)C2. The van der Waals surface area contributed by atoms with Crippen molar-refractivity contribution in [3.63, 3.8) is 0 Å². The number of halogens is 1. The summed E-state index contributed by atoms with van der Waals surface area (Å²) in [6, 6.07) is 6.21. The summed E-state index contributed by atoms with van der Waals surface area (Å²) in [7, 11) is 1.58. The molecule has 1 aliphatic heterocycles. The van der Waals surface area contributed by atoms with E-state index in [0.29, 0.717) is 36.1 Å². The largest absolute Gasteiger partial charge is 0.385 e. The van der Waals surface area contributed by atoms with Crippen LogP contribution in [0.1, 0.15) is 12.2 Å². The van der Waals surface area contributed by atoms with Gasteiger partial charge in [0.1, 0.15) is 6.54 Å². The average Bonchev–Trinajstić information content (AvgIpc) is 3.10. The van der Waals surface area contributed by atoms with Crippen molar-refractivity contribution in [2.24, 2.45) is 0 Å². The Balaban J connectivity index is 1.69. The summed E-state index contributed by atoms with van der Waals surface area (Å²) in [6.45, 7) is 0.893. The Morgan fingerprint density at radius 2 is 2.04 bits per heavy atom. The van der Waals surface area contributed by atoms with Crippen LogP contribution in [0.3, 0.4) is 0 Å². The molecule has 1 aliphatic rings. The van der Waals surface area contributed by atoms with E-state index >= 15 is 0 Å². The fourth-order valence-electron chi connectivity index (χ4n) is 2.64. The Kier molecular flexibility index (Phi) is 5.38. The van der Waals surface area contributed by atoms with Crippen LogP contribution in [0.15, 0.2) is 29.1 Å². The number of benzene rings is 1. The molecule has 138 valence electrons. The van der Waals surface area contributed by atoms with Crippen LogP contribution >= 0.6 is 11.6 Å². The molecule has 0 saturated carbocycles. The molecule has 1 aromatic heterocycles. The van der Waals surface area contributed by atoms with Crippen LogP contribution in [-0.2, 0) is 22.6 Å². The Labute approximate surface area is 154 Å². The van der Waals surface area contributed by atoms with Crippen molar-refractivity contribution in [1.82, 2.24) is 19.7 Å². The topological polar surface area (TPSA) is 98.5 Å². The second kappa shape index (κ2) is 7.71. The van der Waals surface area contributed by atoms with E-state index < -0.39 is 11.7 Å². The van der Waals surface area contributed by atoms with E-state index in [1.54, 1.807) is 31.4 Å². The van der Waals surface area contributed by atoms with E-state index in [1.165, 1.54) is 4.90 Å². The van der Waals surface area contributed by atoms with Gasteiger partial charge < -0.3 is 10.1 Å². The molecule has 0 aliphatic carbocycles. The van der Waals surface area contributed by atoms with E-state index in [9.17, 15) is 14.4 Å². The predicted octanol–water partition coefficient (Wildman–Crippen LogP) is 0.839. The van der Waals surface area contributed by atoms with E-state index in [1.807, 2.05) is 0 Å². The number of hydrogen-bond donors (Lipinski definition) is 1. The molecule has 1 N–H and O–H groups in total. The first kappa shape index (κ1) is 18.2. The zero-order valence-electron chi connectivity index (χ0n) is 14.1. The van der Waals surface area contributed by atoms with Gasteiger partial charge in [0.05, 0.1) is 6.54 Å². The summed E-state index contributed by atoms with van der Waals surface area (Å²) in [6.07, 6.45) is 0.672. The normalized spacial score (nSPS) is 13.2. The highest BCUT2D eigenvalue weighted by Gasteiger charge is 2.33. The van der Waals surface area contributed by atoms with Gasteiger partial charge in [0.2, 0.25) is 5.91 Å². The quantitative estimate of drug-likeness (QED) is 0.719. The van der Waals surface area contributed by atoms with Gasteiger partial charge in [-0.25, -0.2) is 14.3 Å². The summed E-state index contributed by atoms with van der Waals surface area (Å²) in [4.78, 5) is 38.3. The molecule has 0 radical (unpaired) electrons. The van der Waals surface area contributed by atoms with Crippen LogP contribution in [0.5, 0.6) is 0 Å². The Hall–Kier alpha value is -2.65. The number of hydrogen-bond acceptors (Lipinski definition) is 5. The minimum Gasteiger partial charge on any atom is -0.385 e. The molecule has 0 bridgehead atoms. The summed E-state index contributed by atoms with van der Waals surface area (Å²) in [5, 5.41) is 7.34. The first-order valence-corrected chi connectivity index (χ1v) is 8.41. The molecule has 0 atom stereocenters. The Morgan fingerprint density at radius 3 is 2.69 bits per heavy atom. The van der Waals surface area contributed by atoms with Crippen LogP contribution in [0.25, 0.3) is 0 Å². The van der Waals surface area contributed by atoms with Crippen LogP contribution in [0.2, 0.25) is 5.02 Å². The van der Waals surface area contributed by atoms with Gasteiger partial charge in [0, 0.05) is 31.0 Å². The Bertz CT molecular complexity index is 874. The average molecular weight is 380 g/mol. The van der Waals surface area contributed by atoms with Gasteiger partial charge in [-0.1, -0.05) is 11.6 Å². The number of rotatable bonds is 7. The maximum Gasteiger partial charge on any atom is 0.354 e.